The number of nitrogens with one attached hydrogen (secondary N) is 1. The molecule has 2 aromatic carbocycles. The van der Waals surface area contributed by atoms with E-state index in [2.05, 4.69) is 33.8 Å². The average molecular weight is 432 g/mol. The number of fused-ring (bicyclic) bond motifs is 1. The van der Waals surface area contributed by atoms with E-state index in [9.17, 15) is 13.6 Å². The summed E-state index contributed by atoms with van der Waals surface area (Å²) in [6, 6.07) is 11.9. The number of hydrogen-bond donors (Lipinski definition) is 1. The molecule has 0 aliphatic heterocycles. The van der Waals surface area contributed by atoms with Gasteiger partial charge in [0.25, 0.3) is 5.91 Å². The summed E-state index contributed by atoms with van der Waals surface area (Å²) >= 11 is 0. The first-order valence-corrected chi connectivity index (χ1v) is 10.1. The summed E-state index contributed by atoms with van der Waals surface area (Å²) in [5.41, 5.74) is 1.54. The lowest BCUT2D eigenvalue weighted by atomic mass is 10.1. The van der Waals surface area contributed by atoms with Crippen LogP contribution in [0, 0.1) is 0 Å². The van der Waals surface area contributed by atoms with Crippen LogP contribution in [0.3, 0.4) is 0 Å². The molecular weight excluding hydrogens is 406 g/mol. The fourth-order valence-electron chi connectivity index (χ4n) is 3.41. The van der Waals surface area contributed by atoms with Crippen LogP contribution >= 0.6 is 0 Å². The van der Waals surface area contributed by atoms with Crippen LogP contribution in [0.1, 0.15) is 24.2 Å². The molecule has 0 bridgehead atoms. The van der Waals surface area contributed by atoms with Crippen molar-refractivity contribution < 1.29 is 23.0 Å². The Morgan fingerprint density at radius 1 is 1.16 bits per heavy atom. The molecule has 166 valence electrons. The Balaban J connectivity index is 1.95. The van der Waals surface area contributed by atoms with E-state index in [1.54, 1.807) is 0 Å². The van der Waals surface area contributed by atoms with E-state index in [0.29, 0.717) is 12.5 Å². The first-order valence-electron chi connectivity index (χ1n) is 10.1. The molecule has 0 saturated carbocycles. The Hall–Kier alpha value is -3.20. The van der Waals surface area contributed by atoms with Gasteiger partial charge in [0.1, 0.15) is 0 Å². The minimum Gasteiger partial charge on any atom is -0.493 e. The maximum atomic E-state index is 13.0. The molecule has 9 heteroatoms. The minimum atomic E-state index is -3.10. The van der Waals surface area contributed by atoms with Gasteiger partial charge in [-0.15, -0.1) is 0 Å². The maximum absolute atomic E-state index is 13.0. The maximum Gasteiger partial charge on any atom is 0.387 e. The highest BCUT2D eigenvalue weighted by molar-refractivity contribution is 6.06. The van der Waals surface area contributed by atoms with E-state index in [1.165, 1.54) is 25.3 Å². The number of rotatable bonds is 10. The number of methoxy groups -OCH3 is 1. The van der Waals surface area contributed by atoms with Crippen LogP contribution in [0.5, 0.6) is 11.5 Å². The molecule has 0 atom stereocenters. The number of nitrogens with zero attached hydrogens (tertiary/aromatic N) is 3. The lowest BCUT2D eigenvalue weighted by molar-refractivity contribution is -0.0515. The van der Waals surface area contributed by atoms with Crippen molar-refractivity contribution in [2.75, 3.05) is 32.1 Å². The van der Waals surface area contributed by atoms with E-state index in [0.717, 1.165) is 30.7 Å². The number of imidazole rings is 1. The summed E-state index contributed by atoms with van der Waals surface area (Å²) < 4.78 is 37.4. The summed E-state index contributed by atoms with van der Waals surface area (Å²) in [6.45, 7) is 4.27. The van der Waals surface area contributed by atoms with Crippen LogP contribution in [-0.4, -0.2) is 53.7 Å². The normalized spacial score (nSPS) is 11.3. The molecular formula is C22H26F2N4O3. The number of ether oxygens (including phenoxy) is 2. The van der Waals surface area contributed by atoms with Crippen LogP contribution < -0.4 is 14.8 Å². The third-order valence-electron chi connectivity index (χ3n) is 5.06. The van der Waals surface area contributed by atoms with Gasteiger partial charge in [-0.2, -0.15) is 8.78 Å². The van der Waals surface area contributed by atoms with Gasteiger partial charge in [-0.25, -0.2) is 4.98 Å². The molecule has 1 N–H and O–H groups in total. The number of anilines is 1. The van der Waals surface area contributed by atoms with Gasteiger partial charge in [0.15, 0.2) is 11.5 Å². The third-order valence-corrected chi connectivity index (χ3v) is 5.06. The number of para-hydroxylation sites is 3. The number of halogens is 2. The van der Waals surface area contributed by atoms with Gasteiger partial charge in [0.2, 0.25) is 5.95 Å². The second-order valence-corrected chi connectivity index (χ2v) is 6.77. The Bertz CT molecular complexity index is 1030. The van der Waals surface area contributed by atoms with Crippen molar-refractivity contribution in [1.82, 2.24) is 14.5 Å². The zero-order valence-corrected chi connectivity index (χ0v) is 17.8. The predicted octanol–water partition coefficient (Wildman–Crippen LogP) is 4.24. The highest BCUT2D eigenvalue weighted by atomic mass is 19.3. The quantitative estimate of drug-likeness (QED) is 0.519. The average Bonchev–Trinajstić information content (AvgIpc) is 3.11. The zero-order chi connectivity index (χ0) is 22.4. The van der Waals surface area contributed by atoms with Gasteiger partial charge >= 0.3 is 6.61 Å². The Labute approximate surface area is 179 Å². The smallest absolute Gasteiger partial charge is 0.387 e. The van der Waals surface area contributed by atoms with Gasteiger partial charge in [-0.3, -0.25) is 10.1 Å². The van der Waals surface area contributed by atoms with Crippen LogP contribution in [0.2, 0.25) is 0 Å². The second kappa shape index (κ2) is 10.2. The van der Waals surface area contributed by atoms with Crippen LogP contribution in [-0.2, 0) is 6.54 Å². The summed E-state index contributed by atoms with van der Waals surface area (Å²) in [5.74, 6) is -0.551. The van der Waals surface area contributed by atoms with Crippen LogP contribution in [0.15, 0.2) is 42.5 Å². The Morgan fingerprint density at radius 3 is 2.58 bits per heavy atom. The van der Waals surface area contributed by atoms with Gasteiger partial charge < -0.3 is 18.9 Å². The molecule has 0 saturated heterocycles. The number of benzene rings is 2. The zero-order valence-electron chi connectivity index (χ0n) is 17.8. The Morgan fingerprint density at radius 2 is 1.90 bits per heavy atom. The number of carbonyl (C=O) groups excluding carboxylic acids is 1. The van der Waals surface area contributed by atoms with Gasteiger partial charge in [0, 0.05) is 13.1 Å². The highest BCUT2D eigenvalue weighted by Gasteiger charge is 2.22. The molecule has 0 fully saturated rings. The van der Waals surface area contributed by atoms with Gasteiger partial charge in [-0.1, -0.05) is 32.0 Å². The fraction of sp³-hybridized carbons (Fsp3) is 0.364. The SMILES string of the molecule is CCN(CC)CCn1c(NC(=O)c2cccc(OC)c2OC(F)F)nc2ccccc21. The van der Waals surface area contributed by atoms with Crippen molar-refractivity contribution >= 4 is 22.9 Å². The molecule has 0 spiro atoms. The first kappa shape index (κ1) is 22.5. The largest absolute Gasteiger partial charge is 0.493 e. The molecule has 0 aliphatic rings. The van der Waals surface area contributed by atoms with Gasteiger partial charge in [-0.05, 0) is 37.4 Å². The topological polar surface area (TPSA) is 68.6 Å². The number of hydrogen-bond acceptors (Lipinski definition) is 5. The predicted molar refractivity (Wildman–Crippen MR) is 115 cm³/mol. The number of amides is 1. The first-order chi connectivity index (χ1) is 15.0. The van der Waals surface area contributed by atoms with E-state index >= 15 is 0 Å². The lowest BCUT2D eigenvalue weighted by Gasteiger charge is -2.19. The molecule has 1 aromatic heterocycles. The Kier molecular flexibility index (Phi) is 7.41. The molecule has 31 heavy (non-hydrogen) atoms. The van der Waals surface area contributed by atoms with Crippen molar-refractivity contribution in [3.05, 3.63) is 48.0 Å². The van der Waals surface area contributed by atoms with Crippen LogP contribution in [0.25, 0.3) is 11.0 Å². The summed E-state index contributed by atoms with van der Waals surface area (Å²) in [6.07, 6.45) is 0. The minimum absolute atomic E-state index is 0.0444. The van der Waals surface area contributed by atoms with E-state index in [4.69, 9.17) is 4.74 Å². The van der Waals surface area contributed by atoms with E-state index in [1.807, 2.05) is 28.8 Å². The van der Waals surface area contributed by atoms with Crippen molar-refractivity contribution in [2.24, 2.45) is 0 Å². The monoisotopic (exact) mass is 432 g/mol. The molecule has 0 aliphatic carbocycles. The summed E-state index contributed by atoms with van der Waals surface area (Å²) in [5, 5.41) is 2.75. The standard InChI is InChI=1S/C22H26F2N4O3/c1-4-27(5-2)13-14-28-17-11-7-6-10-16(17)25-22(28)26-20(29)15-9-8-12-18(30-3)19(15)31-21(23)24/h6-12,21H,4-5,13-14H2,1-3H3,(H,25,26,29). The van der Waals surface area contributed by atoms with Crippen molar-refractivity contribution in [3.63, 3.8) is 0 Å². The molecule has 0 radical (unpaired) electrons. The lowest BCUT2D eigenvalue weighted by Crippen LogP contribution is -2.27. The third kappa shape index (κ3) is 5.11. The van der Waals surface area contributed by atoms with Crippen molar-refractivity contribution in [2.45, 2.75) is 27.0 Å². The van der Waals surface area contributed by atoms with Gasteiger partial charge in [0.05, 0.1) is 23.7 Å². The number of aromatic nitrogens is 2. The molecule has 1 amide bonds. The van der Waals surface area contributed by atoms with E-state index in [-0.39, 0.29) is 17.1 Å². The van der Waals surface area contributed by atoms with Crippen molar-refractivity contribution in [3.8, 4) is 11.5 Å². The van der Waals surface area contributed by atoms with Crippen molar-refractivity contribution in [1.29, 1.82) is 0 Å². The second-order valence-electron chi connectivity index (χ2n) is 6.77. The summed E-state index contributed by atoms with van der Waals surface area (Å²) in [7, 11) is 1.32. The highest BCUT2D eigenvalue weighted by Crippen LogP contribution is 2.33. The molecule has 0 unspecified atom stereocenters. The number of likely N-dealkylation sites (N-methyl/N-ethyl adjacent to an activating group) is 1. The molecule has 7 nitrogen and oxygen atoms in total. The van der Waals surface area contributed by atoms with Crippen LogP contribution in [0.4, 0.5) is 14.7 Å². The summed E-state index contributed by atoms with van der Waals surface area (Å²) in [4.78, 5) is 19.8. The number of alkyl halides is 2. The molecule has 1 heterocycles. The number of carbonyl (C=O) groups is 1. The van der Waals surface area contributed by atoms with E-state index < -0.39 is 12.5 Å². The fourth-order valence-corrected chi connectivity index (χ4v) is 3.41. The molecule has 3 aromatic rings. The molecule has 3 rings (SSSR count).